The topological polar surface area (TPSA) is 26.3 Å². The highest BCUT2D eigenvalue weighted by atomic mass is 32.1. The normalized spacial score (nSPS) is 10.2. The highest BCUT2D eigenvalue weighted by molar-refractivity contribution is 7.12. The van der Waals surface area contributed by atoms with Crippen molar-refractivity contribution in [2.24, 2.45) is 0 Å². The highest BCUT2D eigenvalue weighted by Gasteiger charge is 2.10. The fourth-order valence-corrected chi connectivity index (χ4v) is 2.70. The summed E-state index contributed by atoms with van der Waals surface area (Å²) in [6.07, 6.45) is 0.479. The van der Waals surface area contributed by atoms with Crippen molar-refractivity contribution in [3.8, 4) is 5.75 Å². The average molecular weight is 238 g/mol. The van der Waals surface area contributed by atoms with E-state index in [-0.39, 0.29) is 5.78 Å². The standard InChI is InChI=1S/C11H10O2S2/c1-13-9-5-11(15-7-9)10(12)4-8-2-3-14-6-8/h2-3,5-7H,4H2,1H3. The van der Waals surface area contributed by atoms with Gasteiger partial charge in [0.1, 0.15) is 5.75 Å². The van der Waals surface area contributed by atoms with E-state index in [0.29, 0.717) is 6.42 Å². The molecule has 0 radical (unpaired) electrons. The maximum atomic E-state index is 11.8. The first kappa shape index (κ1) is 10.4. The first-order valence-corrected chi connectivity index (χ1v) is 6.28. The van der Waals surface area contributed by atoms with Crippen LogP contribution in [0.1, 0.15) is 15.2 Å². The van der Waals surface area contributed by atoms with Gasteiger partial charge in [0.15, 0.2) is 5.78 Å². The van der Waals surface area contributed by atoms with Crippen molar-refractivity contribution in [3.05, 3.63) is 38.7 Å². The molecule has 0 unspecified atom stereocenters. The number of hydrogen-bond donors (Lipinski definition) is 0. The Morgan fingerprint density at radius 2 is 2.33 bits per heavy atom. The van der Waals surface area contributed by atoms with Crippen molar-refractivity contribution in [2.75, 3.05) is 7.11 Å². The summed E-state index contributed by atoms with van der Waals surface area (Å²) in [5, 5.41) is 5.83. The van der Waals surface area contributed by atoms with E-state index < -0.39 is 0 Å². The molecule has 0 aliphatic heterocycles. The third kappa shape index (κ3) is 2.46. The van der Waals surface area contributed by atoms with Gasteiger partial charge < -0.3 is 4.74 Å². The molecule has 0 amide bonds. The van der Waals surface area contributed by atoms with Crippen LogP contribution in [0.15, 0.2) is 28.3 Å². The Balaban J connectivity index is 2.08. The number of carbonyl (C=O) groups excluding carboxylic acids is 1. The minimum absolute atomic E-state index is 0.154. The van der Waals surface area contributed by atoms with Gasteiger partial charge in [0.2, 0.25) is 0 Å². The van der Waals surface area contributed by atoms with Gasteiger partial charge >= 0.3 is 0 Å². The number of rotatable bonds is 4. The van der Waals surface area contributed by atoms with Gasteiger partial charge in [-0.15, -0.1) is 11.3 Å². The van der Waals surface area contributed by atoms with Crippen LogP contribution in [0.2, 0.25) is 0 Å². The molecule has 0 N–H and O–H groups in total. The molecule has 0 aliphatic carbocycles. The molecule has 0 bridgehead atoms. The van der Waals surface area contributed by atoms with Crippen LogP contribution in [0.4, 0.5) is 0 Å². The summed E-state index contributed by atoms with van der Waals surface area (Å²) in [5.41, 5.74) is 1.08. The summed E-state index contributed by atoms with van der Waals surface area (Å²) in [4.78, 5) is 12.6. The van der Waals surface area contributed by atoms with E-state index in [0.717, 1.165) is 16.2 Å². The lowest BCUT2D eigenvalue weighted by Gasteiger charge is -1.94. The van der Waals surface area contributed by atoms with E-state index in [2.05, 4.69) is 0 Å². The molecule has 0 fully saturated rings. The molecule has 2 rings (SSSR count). The first-order valence-electron chi connectivity index (χ1n) is 4.46. The molecule has 2 aromatic rings. The molecular weight excluding hydrogens is 228 g/mol. The number of thiophene rings is 2. The molecular formula is C11H10O2S2. The van der Waals surface area contributed by atoms with Gasteiger partial charge in [0.25, 0.3) is 0 Å². The summed E-state index contributed by atoms with van der Waals surface area (Å²) in [5.74, 6) is 0.912. The van der Waals surface area contributed by atoms with E-state index in [1.165, 1.54) is 11.3 Å². The second kappa shape index (κ2) is 4.59. The van der Waals surface area contributed by atoms with Crippen LogP contribution in [0.3, 0.4) is 0 Å². The van der Waals surface area contributed by atoms with Crippen molar-refractivity contribution < 1.29 is 9.53 Å². The van der Waals surface area contributed by atoms with E-state index in [1.807, 2.05) is 22.2 Å². The molecule has 15 heavy (non-hydrogen) atoms. The van der Waals surface area contributed by atoms with Crippen molar-refractivity contribution in [2.45, 2.75) is 6.42 Å². The van der Waals surface area contributed by atoms with Crippen molar-refractivity contribution >= 4 is 28.5 Å². The monoisotopic (exact) mass is 238 g/mol. The SMILES string of the molecule is COc1csc(C(=O)Cc2ccsc2)c1. The maximum Gasteiger partial charge on any atom is 0.177 e. The Bertz CT molecular complexity index is 443. The predicted octanol–water partition coefficient (Wildman–Crippen LogP) is 3.24. The number of ether oxygens (including phenoxy) is 1. The van der Waals surface area contributed by atoms with E-state index in [4.69, 9.17) is 4.74 Å². The molecule has 0 aliphatic rings. The van der Waals surface area contributed by atoms with Gasteiger partial charge in [-0.25, -0.2) is 0 Å². The number of hydrogen-bond acceptors (Lipinski definition) is 4. The predicted molar refractivity (Wildman–Crippen MR) is 63.2 cm³/mol. The maximum absolute atomic E-state index is 11.8. The van der Waals surface area contributed by atoms with E-state index >= 15 is 0 Å². The van der Waals surface area contributed by atoms with Gasteiger partial charge in [0, 0.05) is 17.9 Å². The largest absolute Gasteiger partial charge is 0.496 e. The fraction of sp³-hybridized carbons (Fsp3) is 0.182. The minimum atomic E-state index is 0.154. The molecule has 2 heterocycles. The number of ketones is 1. The van der Waals surface area contributed by atoms with Crippen molar-refractivity contribution in [1.82, 2.24) is 0 Å². The Morgan fingerprint density at radius 1 is 1.47 bits per heavy atom. The molecule has 2 aromatic heterocycles. The van der Waals surface area contributed by atoms with Crippen LogP contribution in [0, 0.1) is 0 Å². The third-order valence-electron chi connectivity index (χ3n) is 2.03. The highest BCUT2D eigenvalue weighted by Crippen LogP contribution is 2.22. The Morgan fingerprint density at radius 3 is 2.93 bits per heavy atom. The molecule has 0 spiro atoms. The summed E-state index contributed by atoms with van der Waals surface area (Å²) >= 11 is 3.05. The molecule has 4 heteroatoms. The molecule has 78 valence electrons. The van der Waals surface area contributed by atoms with Crippen LogP contribution in [0.5, 0.6) is 5.75 Å². The summed E-state index contributed by atoms with van der Waals surface area (Å²) in [6, 6.07) is 3.77. The number of Topliss-reactive ketones (excluding diaryl/α,β-unsaturated/α-hetero) is 1. The Hall–Kier alpha value is -1.13. The molecule has 0 atom stereocenters. The minimum Gasteiger partial charge on any atom is -0.496 e. The lowest BCUT2D eigenvalue weighted by molar-refractivity contribution is 0.0997. The summed E-state index contributed by atoms with van der Waals surface area (Å²) < 4.78 is 5.04. The quantitative estimate of drug-likeness (QED) is 0.764. The zero-order valence-corrected chi connectivity index (χ0v) is 9.86. The second-order valence-corrected chi connectivity index (χ2v) is 4.77. The van der Waals surface area contributed by atoms with Crippen LogP contribution >= 0.6 is 22.7 Å². The van der Waals surface area contributed by atoms with Gasteiger partial charge in [0.05, 0.1) is 12.0 Å². The van der Waals surface area contributed by atoms with Crippen LogP contribution in [-0.4, -0.2) is 12.9 Å². The number of methoxy groups -OCH3 is 1. The number of carbonyl (C=O) groups is 1. The average Bonchev–Trinajstić information content (AvgIpc) is 2.86. The van der Waals surface area contributed by atoms with Crippen molar-refractivity contribution in [1.29, 1.82) is 0 Å². The Labute approximate surface area is 96.1 Å². The van der Waals surface area contributed by atoms with E-state index in [1.54, 1.807) is 24.5 Å². The third-order valence-corrected chi connectivity index (χ3v) is 3.71. The zero-order chi connectivity index (χ0) is 10.7. The lowest BCUT2D eigenvalue weighted by atomic mass is 10.1. The van der Waals surface area contributed by atoms with Crippen LogP contribution in [-0.2, 0) is 6.42 Å². The van der Waals surface area contributed by atoms with Gasteiger partial charge in [-0.1, -0.05) is 0 Å². The van der Waals surface area contributed by atoms with Gasteiger partial charge in [-0.2, -0.15) is 11.3 Å². The molecule has 0 aromatic carbocycles. The fourth-order valence-electron chi connectivity index (χ4n) is 1.24. The zero-order valence-electron chi connectivity index (χ0n) is 8.23. The van der Waals surface area contributed by atoms with Crippen LogP contribution in [0.25, 0.3) is 0 Å². The summed E-state index contributed by atoms with van der Waals surface area (Å²) in [7, 11) is 1.61. The Kier molecular flexibility index (Phi) is 3.18. The lowest BCUT2D eigenvalue weighted by Crippen LogP contribution is -1.99. The van der Waals surface area contributed by atoms with Gasteiger partial charge in [-0.05, 0) is 22.4 Å². The molecule has 0 saturated carbocycles. The van der Waals surface area contributed by atoms with E-state index in [9.17, 15) is 4.79 Å². The molecule has 0 saturated heterocycles. The summed E-state index contributed by atoms with van der Waals surface area (Å²) in [6.45, 7) is 0. The second-order valence-electron chi connectivity index (χ2n) is 3.08. The molecule has 2 nitrogen and oxygen atoms in total. The van der Waals surface area contributed by atoms with Gasteiger partial charge in [-0.3, -0.25) is 4.79 Å². The first-order chi connectivity index (χ1) is 7.29. The van der Waals surface area contributed by atoms with Crippen LogP contribution < -0.4 is 4.74 Å². The smallest absolute Gasteiger partial charge is 0.177 e. The van der Waals surface area contributed by atoms with Crippen molar-refractivity contribution in [3.63, 3.8) is 0 Å².